The molecule has 12 heteroatoms. The second kappa shape index (κ2) is 9.10. The largest absolute Gasteiger partial charge is 0.349 e. The number of nitro benzene ring substituents is 1. The van der Waals surface area contributed by atoms with Gasteiger partial charge in [0.05, 0.1) is 39.7 Å². The molecule has 0 unspecified atom stereocenters. The number of benzene rings is 2. The minimum absolute atomic E-state index is 0.000551. The van der Waals surface area contributed by atoms with Crippen LogP contribution in [-0.2, 0) is 16.7 Å². The SMILES string of the molecule is CCN(CC)CCn1[nH]c2c3ccc(=O)cc3[nH]c3c([N+](=O)[O-])ccc1c32.CS(=O)(=O)O. The number of H-pyrrole nitrogens is 2. The number of hydrogen-bond donors (Lipinski definition) is 3. The van der Waals surface area contributed by atoms with Crippen LogP contribution < -0.4 is 5.43 Å². The summed E-state index contributed by atoms with van der Waals surface area (Å²) in [5, 5.41) is 16.5. The fourth-order valence-electron chi connectivity index (χ4n) is 3.72. The Kier molecular flexibility index (Phi) is 6.67. The number of nitrogens with one attached hydrogen (secondary N) is 2. The monoisotopic (exact) mass is 463 g/mol. The third kappa shape index (κ3) is 4.98. The molecule has 32 heavy (non-hydrogen) atoms. The third-order valence-electron chi connectivity index (χ3n) is 5.20. The smallest absolute Gasteiger partial charge is 0.293 e. The molecule has 0 aliphatic heterocycles. The summed E-state index contributed by atoms with van der Waals surface area (Å²) in [5.41, 5.74) is 2.59. The number of likely N-dealkylation sites (N-methyl/N-ethyl adjacent to an activating group) is 1. The Morgan fingerprint density at radius 3 is 2.41 bits per heavy atom. The molecule has 4 aromatic rings. The molecule has 0 atom stereocenters. The molecule has 0 saturated carbocycles. The number of aromatic nitrogens is 3. The van der Waals surface area contributed by atoms with E-state index in [-0.39, 0.29) is 11.1 Å². The van der Waals surface area contributed by atoms with Crippen LogP contribution in [0.2, 0.25) is 0 Å². The number of hydrogen-bond acceptors (Lipinski definition) is 6. The highest BCUT2D eigenvalue weighted by atomic mass is 32.2. The number of rotatable bonds is 6. The third-order valence-corrected chi connectivity index (χ3v) is 5.20. The van der Waals surface area contributed by atoms with Gasteiger partial charge in [-0.2, -0.15) is 8.42 Å². The molecular formula is C20H25N5O6S. The Bertz CT molecular complexity index is 1440. The van der Waals surface area contributed by atoms with Gasteiger partial charge in [-0.3, -0.25) is 29.2 Å². The Morgan fingerprint density at radius 1 is 1.16 bits per heavy atom. The quantitative estimate of drug-likeness (QED) is 0.172. The maximum absolute atomic E-state index is 11.8. The molecule has 172 valence electrons. The highest BCUT2D eigenvalue weighted by Gasteiger charge is 2.20. The average Bonchev–Trinajstić information content (AvgIpc) is 3.07. The van der Waals surface area contributed by atoms with Crippen molar-refractivity contribution in [1.82, 2.24) is 19.7 Å². The van der Waals surface area contributed by atoms with Gasteiger partial charge in [-0.25, -0.2) is 0 Å². The predicted octanol–water partition coefficient (Wildman–Crippen LogP) is 2.72. The maximum atomic E-state index is 11.8. The van der Waals surface area contributed by atoms with Crippen molar-refractivity contribution in [3.63, 3.8) is 0 Å². The highest BCUT2D eigenvalue weighted by molar-refractivity contribution is 7.85. The molecule has 11 nitrogen and oxygen atoms in total. The van der Waals surface area contributed by atoms with E-state index >= 15 is 0 Å². The van der Waals surface area contributed by atoms with E-state index in [1.54, 1.807) is 12.1 Å². The summed E-state index contributed by atoms with van der Waals surface area (Å²) in [6.45, 7) is 7.81. The number of pyridine rings is 1. The number of nitrogens with zero attached hydrogens (tertiary/aromatic N) is 3. The van der Waals surface area contributed by atoms with Crippen molar-refractivity contribution in [3.8, 4) is 0 Å². The van der Waals surface area contributed by atoms with Crippen LogP contribution in [0.15, 0.2) is 35.1 Å². The number of nitro groups is 1. The first kappa shape index (κ1) is 23.4. The van der Waals surface area contributed by atoms with Gasteiger partial charge >= 0.3 is 0 Å². The summed E-state index contributed by atoms with van der Waals surface area (Å²) < 4.78 is 27.9. The minimum atomic E-state index is -3.67. The summed E-state index contributed by atoms with van der Waals surface area (Å²) in [4.78, 5) is 28.3. The van der Waals surface area contributed by atoms with E-state index < -0.39 is 15.0 Å². The van der Waals surface area contributed by atoms with Crippen molar-refractivity contribution >= 4 is 48.6 Å². The fourth-order valence-corrected chi connectivity index (χ4v) is 3.72. The molecule has 0 bridgehead atoms. The first-order chi connectivity index (χ1) is 15.0. The molecule has 0 amide bonds. The van der Waals surface area contributed by atoms with Gasteiger partial charge in [-0.15, -0.1) is 0 Å². The maximum Gasteiger partial charge on any atom is 0.293 e. The summed E-state index contributed by atoms with van der Waals surface area (Å²) >= 11 is 0. The van der Waals surface area contributed by atoms with Crippen LogP contribution in [0.5, 0.6) is 0 Å². The van der Waals surface area contributed by atoms with Gasteiger partial charge in [0.2, 0.25) is 0 Å². The van der Waals surface area contributed by atoms with E-state index in [0.29, 0.717) is 17.3 Å². The normalized spacial score (nSPS) is 11.9. The molecular weight excluding hydrogens is 438 g/mol. The average molecular weight is 464 g/mol. The van der Waals surface area contributed by atoms with E-state index in [2.05, 4.69) is 28.8 Å². The Hall–Kier alpha value is -3.22. The van der Waals surface area contributed by atoms with Crippen LogP contribution in [0.4, 0.5) is 5.69 Å². The number of non-ortho nitro benzene ring substituents is 1. The minimum Gasteiger partial charge on any atom is -0.349 e. The molecule has 0 aliphatic rings. The molecule has 4 rings (SSSR count). The molecule has 3 N–H and O–H groups in total. The molecule has 0 radical (unpaired) electrons. The highest BCUT2D eigenvalue weighted by Crippen LogP contribution is 2.35. The zero-order valence-corrected chi connectivity index (χ0v) is 18.8. The van der Waals surface area contributed by atoms with Gasteiger partial charge in [0.15, 0.2) is 5.43 Å². The van der Waals surface area contributed by atoms with E-state index in [4.69, 9.17) is 4.55 Å². The van der Waals surface area contributed by atoms with E-state index in [1.165, 1.54) is 18.2 Å². The topological polar surface area (TPSA) is 154 Å². The predicted molar refractivity (Wildman–Crippen MR) is 124 cm³/mol. The molecule has 2 aromatic carbocycles. The lowest BCUT2D eigenvalue weighted by Crippen LogP contribution is -2.27. The lowest BCUT2D eigenvalue weighted by molar-refractivity contribution is -0.383. The van der Waals surface area contributed by atoms with Crippen molar-refractivity contribution < 1.29 is 17.9 Å². The summed E-state index contributed by atoms with van der Waals surface area (Å²) in [6.07, 6.45) is 0.715. The molecule has 0 aliphatic carbocycles. The molecule has 0 fully saturated rings. The van der Waals surface area contributed by atoms with Crippen LogP contribution in [0, 0.1) is 10.1 Å². The van der Waals surface area contributed by atoms with Crippen molar-refractivity contribution in [2.45, 2.75) is 20.4 Å². The number of fused-ring (bicyclic) bond motifs is 2. The van der Waals surface area contributed by atoms with Gasteiger partial charge < -0.3 is 9.88 Å². The molecule has 0 spiro atoms. The second-order valence-corrected chi connectivity index (χ2v) is 8.81. The van der Waals surface area contributed by atoms with Crippen LogP contribution in [0.25, 0.3) is 32.8 Å². The van der Waals surface area contributed by atoms with E-state index in [0.717, 1.165) is 48.0 Å². The zero-order valence-electron chi connectivity index (χ0n) is 18.0. The Morgan fingerprint density at radius 2 is 1.81 bits per heavy atom. The van der Waals surface area contributed by atoms with Gasteiger partial charge in [0.25, 0.3) is 15.8 Å². The second-order valence-electron chi connectivity index (χ2n) is 7.34. The van der Waals surface area contributed by atoms with Crippen LogP contribution in [0.3, 0.4) is 0 Å². The van der Waals surface area contributed by atoms with Gasteiger partial charge in [-0.1, -0.05) is 13.8 Å². The van der Waals surface area contributed by atoms with Crippen LogP contribution >= 0.6 is 0 Å². The van der Waals surface area contributed by atoms with Crippen LogP contribution in [0.1, 0.15) is 13.8 Å². The summed E-state index contributed by atoms with van der Waals surface area (Å²) in [6, 6.07) is 8.04. The van der Waals surface area contributed by atoms with Gasteiger partial charge in [-0.05, 0) is 31.3 Å². The summed E-state index contributed by atoms with van der Waals surface area (Å²) in [7, 11) is -3.67. The standard InChI is InChI=1S/C19H21N5O3.CH4O3S/c1-3-22(4-2)9-10-23-15-7-8-16(24(26)27)19-17(15)18(21-23)13-6-5-12(25)11-14(13)20-19;1-5(2,3)4/h5-8,11,20-21H,3-4,9-10H2,1-2H3;1H3,(H,2,3,4). The number of aromatic amines is 2. The molecule has 0 saturated heterocycles. The van der Waals surface area contributed by atoms with E-state index in [1.807, 2.05) is 4.68 Å². The van der Waals surface area contributed by atoms with Crippen molar-refractivity contribution in [2.75, 3.05) is 25.9 Å². The van der Waals surface area contributed by atoms with Gasteiger partial charge in [0, 0.05) is 24.1 Å². The van der Waals surface area contributed by atoms with E-state index in [9.17, 15) is 23.3 Å². The lowest BCUT2D eigenvalue weighted by atomic mass is 10.1. The molecule has 2 aromatic heterocycles. The summed E-state index contributed by atoms with van der Waals surface area (Å²) in [5.74, 6) is 0. The van der Waals surface area contributed by atoms with Crippen LogP contribution in [-0.4, -0.2) is 63.4 Å². The lowest BCUT2D eigenvalue weighted by Gasteiger charge is -2.18. The first-order valence-electron chi connectivity index (χ1n) is 9.99. The fraction of sp³-hybridized carbons (Fsp3) is 0.350. The van der Waals surface area contributed by atoms with Crippen molar-refractivity contribution in [2.24, 2.45) is 0 Å². The zero-order chi connectivity index (χ0) is 23.6. The Balaban J connectivity index is 0.000000523. The Labute approximate surface area is 183 Å². The van der Waals surface area contributed by atoms with Crippen molar-refractivity contribution in [3.05, 3.63) is 50.7 Å². The first-order valence-corrected chi connectivity index (χ1v) is 11.8. The molecule has 2 heterocycles. The van der Waals surface area contributed by atoms with Crippen molar-refractivity contribution in [1.29, 1.82) is 0 Å². The van der Waals surface area contributed by atoms with Gasteiger partial charge in [0.1, 0.15) is 5.52 Å².